The molecule has 2 N–H and O–H groups in total. The first-order chi connectivity index (χ1) is 14.0. The van der Waals surface area contributed by atoms with Gasteiger partial charge in [0.25, 0.3) is 5.91 Å². The summed E-state index contributed by atoms with van der Waals surface area (Å²) in [5, 5.41) is 2.72. The average molecular weight is 396 g/mol. The molecular weight excluding hydrogens is 368 g/mol. The van der Waals surface area contributed by atoms with Crippen molar-refractivity contribution < 1.29 is 14.3 Å². The van der Waals surface area contributed by atoms with Crippen LogP contribution in [0.1, 0.15) is 61.0 Å². The number of aromatic nitrogens is 2. The van der Waals surface area contributed by atoms with E-state index in [0.717, 1.165) is 48.5 Å². The van der Waals surface area contributed by atoms with Gasteiger partial charge < -0.3 is 19.9 Å². The average Bonchev–Trinajstić information content (AvgIpc) is 3.22. The standard InChI is InChI=1S/C22H28N4O3/c1-4-16-14(2)23-19(24-16)17-12-22(10-11-22)13-26(17)20(27)18(25-21(28)29-3)15-8-6-5-7-9-15/h5-9,17-18H,4,10-13H2,1-3H3,(H,23,24)(H,25,28). The third-order valence-corrected chi connectivity index (χ3v) is 6.23. The van der Waals surface area contributed by atoms with Crippen molar-refractivity contribution in [3.05, 3.63) is 53.1 Å². The van der Waals surface area contributed by atoms with Crippen LogP contribution in [0.25, 0.3) is 0 Å². The molecule has 7 nitrogen and oxygen atoms in total. The zero-order valence-corrected chi connectivity index (χ0v) is 17.2. The Morgan fingerprint density at radius 1 is 1.34 bits per heavy atom. The summed E-state index contributed by atoms with van der Waals surface area (Å²) < 4.78 is 4.77. The maximum absolute atomic E-state index is 13.7. The predicted octanol–water partition coefficient (Wildman–Crippen LogP) is 3.43. The van der Waals surface area contributed by atoms with Crippen LogP contribution in [0.2, 0.25) is 0 Å². The molecule has 1 saturated carbocycles. The van der Waals surface area contributed by atoms with Gasteiger partial charge in [-0.2, -0.15) is 0 Å². The molecule has 7 heteroatoms. The molecule has 1 spiro atoms. The smallest absolute Gasteiger partial charge is 0.407 e. The number of nitrogens with zero attached hydrogens (tertiary/aromatic N) is 2. The van der Waals surface area contributed by atoms with Crippen molar-refractivity contribution in [3.63, 3.8) is 0 Å². The van der Waals surface area contributed by atoms with E-state index in [2.05, 4.69) is 17.2 Å². The van der Waals surface area contributed by atoms with Crippen LogP contribution in [0.4, 0.5) is 4.79 Å². The molecule has 1 saturated heterocycles. The van der Waals surface area contributed by atoms with Crippen LogP contribution >= 0.6 is 0 Å². The van der Waals surface area contributed by atoms with Gasteiger partial charge in [0.1, 0.15) is 11.9 Å². The second-order valence-corrected chi connectivity index (χ2v) is 8.21. The number of hydrogen-bond acceptors (Lipinski definition) is 4. The Morgan fingerprint density at radius 3 is 2.66 bits per heavy atom. The number of benzene rings is 1. The van der Waals surface area contributed by atoms with Crippen LogP contribution in [0, 0.1) is 12.3 Å². The first-order valence-electron chi connectivity index (χ1n) is 10.2. The Labute approximate surface area is 170 Å². The molecule has 2 fully saturated rings. The second-order valence-electron chi connectivity index (χ2n) is 8.21. The number of H-pyrrole nitrogens is 1. The zero-order valence-electron chi connectivity index (χ0n) is 17.2. The summed E-state index contributed by atoms with van der Waals surface area (Å²) in [4.78, 5) is 35.7. The minimum atomic E-state index is -0.790. The number of hydrogen-bond donors (Lipinski definition) is 2. The number of rotatable bonds is 5. The van der Waals surface area contributed by atoms with Crippen LogP contribution in [-0.4, -0.2) is 40.5 Å². The number of methoxy groups -OCH3 is 1. The molecule has 2 amide bonds. The summed E-state index contributed by atoms with van der Waals surface area (Å²) in [5.41, 5.74) is 3.03. The van der Waals surface area contributed by atoms with Gasteiger partial charge >= 0.3 is 6.09 Å². The summed E-state index contributed by atoms with van der Waals surface area (Å²) in [6.07, 6.45) is 3.41. The molecule has 0 radical (unpaired) electrons. The number of carbonyl (C=O) groups is 2. The van der Waals surface area contributed by atoms with Crippen molar-refractivity contribution in [1.29, 1.82) is 0 Å². The molecule has 2 heterocycles. The molecule has 2 aromatic rings. The van der Waals surface area contributed by atoms with Crippen molar-refractivity contribution >= 4 is 12.0 Å². The van der Waals surface area contributed by atoms with Crippen molar-refractivity contribution in [1.82, 2.24) is 20.2 Å². The fraction of sp³-hybridized carbons (Fsp3) is 0.500. The number of aromatic amines is 1. The third-order valence-electron chi connectivity index (χ3n) is 6.23. The molecule has 1 aromatic heterocycles. The lowest BCUT2D eigenvalue weighted by molar-refractivity contribution is -0.134. The SMILES string of the molecule is CCc1nc(C2CC3(CC3)CN2C(=O)C(NC(=O)OC)c2ccccc2)[nH]c1C. The number of amides is 2. The van der Waals surface area contributed by atoms with Crippen molar-refractivity contribution in [3.8, 4) is 0 Å². The number of carbonyl (C=O) groups excluding carboxylic acids is 2. The number of aryl methyl sites for hydroxylation is 2. The summed E-state index contributed by atoms with van der Waals surface area (Å²) in [7, 11) is 1.30. The van der Waals surface area contributed by atoms with E-state index in [0.29, 0.717) is 6.54 Å². The quantitative estimate of drug-likeness (QED) is 0.811. The van der Waals surface area contributed by atoms with Crippen LogP contribution in [0.5, 0.6) is 0 Å². The number of nitrogens with one attached hydrogen (secondary N) is 2. The van der Waals surface area contributed by atoms with Crippen LogP contribution in [-0.2, 0) is 16.0 Å². The van der Waals surface area contributed by atoms with E-state index in [-0.39, 0.29) is 17.4 Å². The molecule has 1 aromatic carbocycles. The van der Waals surface area contributed by atoms with Gasteiger partial charge in [0.15, 0.2) is 0 Å². The van der Waals surface area contributed by atoms with E-state index in [1.165, 1.54) is 7.11 Å². The first kappa shape index (κ1) is 19.5. The van der Waals surface area contributed by atoms with Gasteiger partial charge in [0.05, 0.1) is 18.8 Å². The van der Waals surface area contributed by atoms with Crippen LogP contribution in [0.15, 0.2) is 30.3 Å². The van der Waals surface area contributed by atoms with E-state index in [1.54, 1.807) is 0 Å². The number of alkyl carbamates (subject to hydrolysis) is 1. The molecule has 29 heavy (non-hydrogen) atoms. The summed E-state index contributed by atoms with van der Waals surface area (Å²) in [5.74, 6) is 0.726. The van der Waals surface area contributed by atoms with E-state index >= 15 is 0 Å². The van der Waals surface area contributed by atoms with Gasteiger partial charge in [-0.1, -0.05) is 37.3 Å². The molecule has 154 valence electrons. The highest BCUT2D eigenvalue weighted by Gasteiger charge is 2.55. The molecule has 1 aliphatic heterocycles. The lowest BCUT2D eigenvalue weighted by atomic mass is 10.0. The lowest BCUT2D eigenvalue weighted by Gasteiger charge is -2.28. The second kappa shape index (κ2) is 7.54. The largest absolute Gasteiger partial charge is 0.453 e. The van der Waals surface area contributed by atoms with E-state index in [9.17, 15) is 9.59 Å². The summed E-state index contributed by atoms with van der Waals surface area (Å²) in [6, 6.07) is 8.42. The maximum atomic E-state index is 13.7. The Balaban J connectivity index is 1.66. The predicted molar refractivity (Wildman–Crippen MR) is 108 cm³/mol. The first-order valence-corrected chi connectivity index (χ1v) is 10.2. The Morgan fingerprint density at radius 2 is 2.07 bits per heavy atom. The van der Waals surface area contributed by atoms with Gasteiger partial charge in [0, 0.05) is 12.2 Å². The summed E-state index contributed by atoms with van der Waals surface area (Å²) in [6.45, 7) is 4.80. The minimum absolute atomic E-state index is 0.102. The molecule has 1 aliphatic carbocycles. The molecular formula is C22H28N4O3. The topological polar surface area (TPSA) is 87.3 Å². The van der Waals surface area contributed by atoms with E-state index in [1.807, 2.05) is 42.2 Å². The molecule has 0 bridgehead atoms. The van der Waals surface area contributed by atoms with Gasteiger partial charge in [-0.3, -0.25) is 4.79 Å². The lowest BCUT2D eigenvalue weighted by Crippen LogP contribution is -2.43. The molecule has 4 rings (SSSR count). The van der Waals surface area contributed by atoms with Crippen molar-refractivity contribution in [2.24, 2.45) is 5.41 Å². The number of ether oxygens (including phenoxy) is 1. The van der Waals surface area contributed by atoms with Crippen molar-refractivity contribution in [2.45, 2.75) is 51.6 Å². The van der Waals surface area contributed by atoms with Crippen LogP contribution in [0.3, 0.4) is 0 Å². The third kappa shape index (κ3) is 3.73. The maximum Gasteiger partial charge on any atom is 0.407 e. The van der Waals surface area contributed by atoms with Crippen LogP contribution < -0.4 is 5.32 Å². The zero-order chi connectivity index (χ0) is 20.6. The Bertz CT molecular complexity index is 904. The normalized spacial score (nSPS) is 20.5. The van der Waals surface area contributed by atoms with Gasteiger partial charge in [0.2, 0.25) is 0 Å². The van der Waals surface area contributed by atoms with E-state index in [4.69, 9.17) is 9.72 Å². The fourth-order valence-electron chi connectivity index (χ4n) is 4.37. The van der Waals surface area contributed by atoms with Gasteiger partial charge in [-0.15, -0.1) is 0 Å². The highest BCUT2D eigenvalue weighted by atomic mass is 16.5. The molecule has 2 aliphatic rings. The van der Waals surface area contributed by atoms with E-state index < -0.39 is 12.1 Å². The highest BCUT2D eigenvalue weighted by molar-refractivity contribution is 5.87. The molecule has 2 atom stereocenters. The van der Waals surface area contributed by atoms with Crippen molar-refractivity contribution in [2.75, 3.05) is 13.7 Å². The Hall–Kier alpha value is -2.83. The molecule has 2 unspecified atom stereocenters. The van der Waals surface area contributed by atoms with Gasteiger partial charge in [-0.05, 0) is 43.6 Å². The summed E-state index contributed by atoms with van der Waals surface area (Å²) >= 11 is 0. The number of likely N-dealkylation sites (tertiary alicyclic amines) is 1. The fourth-order valence-corrected chi connectivity index (χ4v) is 4.37. The number of imidazole rings is 1. The monoisotopic (exact) mass is 396 g/mol. The van der Waals surface area contributed by atoms with Gasteiger partial charge in [-0.25, -0.2) is 9.78 Å². The Kier molecular flexibility index (Phi) is 5.06. The minimum Gasteiger partial charge on any atom is -0.453 e. The highest BCUT2D eigenvalue weighted by Crippen LogP contribution is 2.58.